The first-order valence-electron chi connectivity index (χ1n) is 9.65. The van der Waals surface area contributed by atoms with Gasteiger partial charge in [0.1, 0.15) is 11.5 Å². The van der Waals surface area contributed by atoms with E-state index in [-0.39, 0.29) is 24.1 Å². The molecule has 0 spiro atoms. The first-order valence-corrected chi connectivity index (χ1v) is 9.65. The SMILES string of the molecule is COC(=O)C1(C)CCCN(C(=O)c2ccc(C)c(NC(=O)c3ccc(F)cn3)c2)C1. The van der Waals surface area contributed by atoms with Gasteiger partial charge in [-0.05, 0) is 56.5 Å². The minimum Gasteiger partial charge on any atom is -0.469 e. The van der Waals surface area contributed by atoms with Crippen LogP contribution < -0.4 is 5.32 Å². The third kappa shape index (κ3) is 4.48. The van der Waals surface area contributed by atoms with Crippen LogP contribution in [0.2, 0.25) is 0 Å². The number of likely N-dealkylation sites (tertiary alicyclic amines) is 1. The molecule has 1 fully saturated rings. The highest BCUT2D eigenvalue weighted by molar-refractivity contribution is 6.04. The van der Waals surface area contributed by atoms with Gasteiger partial charge in [-0.25, -0.2) is 9.37 Å². The number of nitrogens with one attached hydrogen (secondary N) is 1. The number of anilines is 1. The lowest BCUT2D eigenvalue weighted by Gasteiger charge is -2.38. The summed E-state index contributed by atoms with van der Waals surface area (Å²) in [7, 11) is 1.35. The first kappa shape index (κ1) is 21.4. The number of esters is 1. The lowest BCUT2D eigenvalue weighted by atomic mass is 9.81. The maximum Gasteiger partial charge on any atom is 0.313 e. The highest BCUT2D eigenvalue weighted by Gasteiger charge is 2.40. The van der Waals surface area contributed by atoms with Crippen molar-refractivity contribution in [3.05, 3.63) is 59.2 Å². The number of pyridine rings is 1. The number of benzene rings is 1. The third-order valence-electron chi connectivity index (χ3n) is 5.35. The van der Waals surface area contributed by atoms with Crippen LogP contribution in [-0.4, -0.2) is 47.9 Å². The number of ether oxygens (including phenoxy) is 1. The summed E-state index contributed by atoms with van der Waals surface area (Å²) in [6, 6.07) is 7.47. The van der Waals surface area contributed by atoms with Gasteiger partial charge in [0.2, 0.25) is 0 Å². The second kappa shape index (κ2) is 8.61. The number of aromatic nitrogens is 1. The number of nitrogens with zero attached hydrogens (tertiary/aromatic N) is 2. The molecule has 1 atom stereocenters. The summed E-state index contributed by atoms with van der Waals surface area (Å²) in [5, 5.41) is 2.72. The fraction of sp³-hybridized carbons (Fsp3) is 0.364. The normalized spacial score (nSPS) is 18.6. The van der Waals surface area contributed by atoms with E-state index in [4.69, 9.17) is 4.74 Å². The molecular weight excluding hydrogens is 389 g/mol. The Labute approximate surface area is 174 Å². The molecule has 0 radical (unpaired) electrons. The van der Waals surface area contributed by atoms with Crippen molar-refractivity contribution >= 4 is 23.5 Å². The van der Waals surface area contributed by atoms with Gasteiger partial charge in [0, 0.05) is 24.3 Å². The Hall–Kier alpha value is -3.29. The molecule has 1 aliphatic heterocycles. The van der Waals surface area contributed by atoms with E-state index in [9.17, 15) is 18.8 Å². The predicted molar refractivity (Wildman–Crippen MR) is 109 cm³/mol. The molecule has 0 bridgehead atoms. The minimum atomic E-state index is -0.737. The van der Waals surface area contributed by atoms with Crippen molar-refractivity contribution in [2.45, 2.75) is 26.7 Å². The maximum absolute atomic E-state index is 13.1. The first-order chi connectivity index (χ1) is 14.2. The van der Waals surface area contributed by atoms with E-state index < -0.39 is 17.1 Å². The summed E-state index contributed by atoms with van der Waals surface area (Å²) in [6.45, 7) is 4.42. The van der Waals surface area contributed by atoms with Gasteiger partial charge in [-0.1, -0.05) is 6.07 Å². The number of piperidine rings is 1. The second-order valence-corrected chi connectivity index (χ2v) is 7.73. The van der Waals surface area contributed by atoms with E-state index in [1.807, 2.05) is 0 Å². The number of hydrogen-bond donors (Lipinski definition) is 1. The topological polar surface area (TPSA) is 88.6 Å². The van der Waals surface area contributed by atoms with E-state index >= 15 is 0 Å². The van der Waals surface area contributed by atoms with E-state index in [0.29, 0.717) is 30.6 Å². The number of amides is 2. The highest BCUT2D eigenvalue weighted by Crippen LogP contribution is 2.32. The van der Waals surface area contributed by atoms with E-state index in [1.54, 1.807) is 36.9 Å². The smallest absolute Gasteiger partial charge is 0.313 e. The van der Waals surface area contributed by atoms with E-state index in [0.717, 1.165) is 17.8 Å². The van der Waals surface area contributed by atoms with Gasteiger partial charge in [0.15, 0.2) is 0 Å². The molecule has 0 saturated carbocycles. The van der Waals surface area contributed by atoms with Crippen molar-refractivity contribution in [2.24, 2.45) is 5.41 Å². The zero-order chi connectivity index (χ0) is 21.9. The van der Waals surface area contributed by atoms with Gasteiger partial charge in [0.05, 0.1) is 18.7 Å². The minimum absolute atomic E-state index is 0.0670. The predicted octanol–water partition coefficient (Wildman–Crippen LogP) is 3.20. The number of aryl methyl sites for hydroxylation is 1. The van der Waals surface area contributed by atoms with Gasteiger partial charge in [-0.15, -0.1) is 0 Å². The average molecular weight is 413 g/mol. The summed E-state index contributed by atoms with van der Waals surface area (Å²) in [5.74, 6) is -1.58. The molecule has 1 aromatic carbocycles. The van der Waals surface area contributed by atoms with Crippen LogP contribution in [0.15, 0.2) is 36.5 Å². The van der Waals surface area contributed by atoms with E-state index in [2.05, 4.69) is 10.3 Å². The quantitative estimate of drug-likeness (QED) is 0.778. The Morgan fingerprint density at radius 1 is 1.23 bits per heavy atom. The molecule has 2 heterocycles. The summed E-state index contributed by atoms with van der Waals surface area (Å²) >= 11 is 0. The van der Waals surface area contributed by atoms with Crippen LogP contribution in [0.25, 0.3) is 0 Å². The summed E-state index contributed by atoms with van der Waals surface area (Å²) in [5.41, 5.74) is 0.956. The largest absolute Gasteiger partial charge is 0.469 e. The molecule has 0 aliphatic carbocycles. The maximum atomic E-state index is 13.1. The number of halogens is 1. The van der Waals surface area contributed by atoms with Gasteiger partial charge in [-0.3, -0.25) is 14.4 Å². The average Bonchev–Trinajstić information content (AvgIpc) is 2.74. The van der Waals surface area contributed by atoms with Crippen molar-refractivity contribution in [1.82, 2.24) is 9.88 Å². The number of hydrogen-bond acceptors (Lipinski definition) is 5. The highest BCUT2D eigenvalue weighted by atomic mass is 19.1. The molecule has 1 unspecified atom stereocenters. The number of carbonyl (C=O) groups excluding carboxylic acids is 3. The molecule has 30 heavy (non-hydrogen) atoms. The molecule has 1 aliphatic rings. The monoisotopic (exact) mass is 413 g/mol. The Kier molecular flexibility index (Phi) is 6.14. The number of methoxy groups -OCH3 is 1. The van der Waals surface area contributed by atoms with Crippen molar-refractivity contribution in [3.8, 4) is 0 Å². The van der Waals surface area contributed by atoms with E-state index in [1.165, 1.54) is 13.2 Å². The zero-order valence-electron chi connectivity index (χ0n) is 17.2. The van der Waals surface area contributed by atoms with Gasteiger partial charge < -0.3 is 15.0 Å². The van der Waals surface area contributed by atoms with Crippen LogP contribution >= 0.6 is 0 Å². The number of rotatable bonds is 4. The molecule has 8 heteroatoms. The summed E-state index contributed by atoms with van der Waals surface area (Å²) in [4.78, 5) is 43.0. The Morgan fingerprint density at radius 2 is 2.00 bits per heavy atom. The fourth-order valence-corrected chi connectivity index (χ4v) is 3.59. The molecule has 2 aromatic rings. The molecular formula is C22H24FN3O4. The molecule has 1 N–H and O–H groups in total. The van der Waals surface area contributed by atoms with Crippen LogP contribution in [0.3, 0.4) is 0 Å². The lowest BCUT2D eigenvalue weighted by molar-refractivity contribution is -0.154. The fourth-order valence-electron chi connectivity index (χ4n) is 3.59. The van der Waals surface area contributed by atoms with Crippen LogP contribution in [0.5, 0.6) is 0 Å². The van der Waals surface area contributed by atoms with Crippen molar-refractivity contribution in [3.63, 3.8) is 0 Å². The summed E-state index contributed by atoms with van der Waals surface area (Å²) in [6.07, 6.45) is 2.32. The lowest BCUT2D eigenvalue weighted by Crippen LogP contribution is -2.48. The number of carbonyl (C=O) groups is 3. The molecule has 158 valence electrons. The molecule has 1 saturated heterocycles. The van der Waals surface area contributed by atoms with Crippen molar-refractivity contribution < 1.29 is 23.5 Å². The Bertz CT molecular complexity index is 977. The molecule has 1 aromatic heterocycles. The van der Waals surface area contributed by atoms with Crippen molar-refractivity contribution in [2.75, 3.05) is 25.5 Å². The Balaban J connectivity index is 1.78. The molecule has 7 nitrogen and oxygen atoms in total. The second-order valence-electron chi connectivity index (χ2n) is 7.73. The molecule has 2 amide bonds. The van der Waals surface area contributed by atoms with Crippen LogP contribution in [0.4, 0.5) is 10.1 Å². The Morgan fingerprint density at radius 3 is 2.67 bits per heavy atom. The summed E-state index contributed by atoms with van der Waals surface area (Å²) < 4.78 is 17.9. The van der Waals surface area contributed by atoms with Crippen molar-refractivity contribution in [1.29, 1.82) is 0 Å². The third-order valence-corrected chi connectivity index (χ3v) is 5.35. The van der Waals surface area contributed by atoms with Crippen LogP contribution in [0.1, 0.15) is 46.2 Å². The van der Waals surface area contributed by atoms with Crippen LogP contribution in [0, 0.1) is 18.2 Å². The van der Waals surface area contributed by atoms with Gasteiger partial charge in [-0.2, -0.15) is 0 Å². The standard InChI is InChI=1S/C22H24FN3O4/c1-14-5-6-15(11-18(14)25-19(27)17-8-7-16(23)12-24-17)20(28)26-10-4-9-22(2,13-26)21(29)30-3/h5-8,11-12H,4,9-10,13H2,1-3H3,(H,25,27). The van der Waals surface area contributed by atoms with Gasteiger partial charge in [0.25, 0.3) is 11.8 Å². The van der Waals surface area contributed by atoms with Crippen LogP contribution in [-0.2, 0) is 9.53 Å². The van der Waals surface area contributed by atoms with Gasteiger partial charge >= 0.3 is 5.97 Å². The zero-order valence-corrected chi connectivity index (χ0v) is 17.2. The molecule has 3 rings (SSSR count).